The summed E-state index contributed by atoms with van der Waals surface area (Å²) in [5.74, 6) is 0.191. The van der Waals surface area contributed by atoms with E-state index in [1.54, 1.807) is 7.05 Å². The van der Waals surface area contributed by atoms with E-state index in [-0.39, 0.29) is 16.6 Å². The average Bonchev–Trinajstić information content (AvgIpc) is 2.89. The van der Waals surface area contributed by atoms with Crippen molar-refractivity contribution in [3.8, 4) is 0 Å². The molecule has 4 nitrogen and oxygen atoms in total. The van der Waals surface area contributed by atoms with E-state index >= 15 is 0 Å². The number of hydrogen-bond donors (Lipinski definition) is 2. The number of allylic oxidation sites excluding steroid dienone is 1. The smallest absolute Gasteiger partial charge is 0.152 e. The Bertz CT molecular complexity index is 881. The number of amidine groups is 1. The lowest BCUT2D eigenvalue weighted by atomic mass is 9.98. The van der Waals surface area contributed by atoms with Crippen LogP contribution in [0, 0.1) is 17.7 Å². The van der Waals surface area contributed by atoms with E-state index in [0.29, 0.717) is 11.3 Å². The van der Waals surface area contributed by atoms with Crippen molar-refractivity contribution in [2.75, 3.05) is 7.05 Å². The Morgan fingerprint density at radius 2 is 1.79 bits per heavy atom. The zero-order valence-electron chi connectivity index (χ0n) is 13.5. The minimum atomic E-state index is 0.191. The van der Waals surface area contributed by atoms with Crippen LogP contribution in [0.1, 0.15) is 16.7 Å². The second-order valence-electron chi connectivity index (χ2n) is 5.62. The highest BCUT2D eigenvalue weighted by Crippen LogP contribution is 2.27. The van der Waals surface area contributed by atoms with E-state index in [4.69, 9.17) is 22.4 Å². The molecule has 0 unspecified atom stereocenters. The standard InChI is InChI=1S/C19H17ClN4/c1-12-7-6-10-14(11-12)17(21)16(20)15-18(23-24(2)19(15)22)13-8-4-3-5-9-13/h3-11,21-22H,1-2H3/b16-15+,21-17?,22-19?. The Morgan fingerprint density at radius 3 is 2.46 bits per heavy atom. The quantitative estimate of drug-likeness (QED) is 0.811. The van der Waals surface area contributed by atoms with Gasteiger partial charge in [0.05, 0.1) is 16.3 Å². The summed E-state index contributed by atoms with van der Waals surface area (Å²) < 4.78 is 0. The van der Waals surface area contributed by atoms with Crippen molar-refractivity contribution >= 4 is 28.9 Å². The molecule has 0 fully saturated rings. The number of benzene rings is 2. The molecule has 0 saturated heterocycles. The molecule has 3 rings (SSSR count). The van der Waals surface area contributed by atoms with Gasteiger partial charge in [-0.3, -0.25) is 15.8 Å². The zero-order chi connectivity index (χ0) is 17.3. The molecule has 2 N–H and O–H groups in total. The van der Waals surface area contributed by atoms with Gasteiger partial charge in [-0.15, -0.1) is 0 Å². The minimum Gasteiger partial charge on any atom is -0.299 e. The third kappa shape index (κ3) is 2.88. The molecule has 2 aromatic carbocycles. The van der Waals surface area contributed by atoms with Crippen molar-refractivity contribution in [3.63, 3.8) is 0 Å². The maximum atomic E-state index is 8.45. The summed E-state index contributed by atoms with van der Waals surface area (Å²) in [4.78, 5) is 0. The molecule has 1 aliphatic heterocycles. The molecule has 0 bridgehead atoms. The van der Waals surface area contributed by atoms with Gasteiger partial charge in [0.25, 0.3) is 0 Å². The molecule has 120 valence electrons. The van der Waals surface area contributed by atoms with E-state index in [2.05, 4.69) is 5.10 Å². The molecule has 1 aliphatic rings. The van der Waals surface area contributed by atoms with Gasteiger partial charge in [0.2, 0.25) is 0 Å². The van der Waals surface area contributed by atoms with Gasteiger partial charge in [-0.25, -0.2) is 0 Å². The van der Waals surface area contributed by atoms with E-state index in [9.17, 15) is 0 Å². The zero-order valence-corrected chi connectivity index (χ0v) is 14.2. The topological polar surface area (TPSA) is 63.3 Å². The molecule has 2 aromatic rings. The first-order valence-corrected chi connectivity index (χ1v) is 7.89. The second-order valence-corrected chi connectivity index (χ2v) is 6.00. The van der Waals surface area contributed by atoms with E-state index in [1.165, 1.54) is 5.01 Å². The summed E-state index contributed by atoms with van der Waals surface area (Å²) in [7, 11) is 1.71. The normalized spacial score (nSPS) is 16.2. The maximum Gasteiger partial charge on any atom is 0.152 e. The van der Waals surface area contributed by atoms with Gasteiger partial charge >= 0.3 is 0 Å². The van der Waals surface area contributed by atoms with Gasteiger partial charge in [-0.2, -0.15) is 5.10 Å². The lowest BCUT2D eigenvalue weighted by Gasteiger charge is -2.10. The van der Waals surface area contributed by atoms with Gasteiger partial charge in [0.15, 0.2) is 5.84 Å². The Balaban J connectivity index is 2.10. The fraction of sp³-hybridized carbons (Fsp3) is 0.105. The molecule has 0 radical (unpaired) electrons. The van der Waals surface area contributed by atoms with E-state index < -0.39 is 0 Å². The highest BCUT2D eigenvalue weighted by Gasteiger charge is 2.29. The third-order valence-corrected chi connectivity index (χ3v) is 4.22. The van der Waals surface area contributed by atoms with E-state index in [1.807, 2.05) is 61.5 Å². The number of hydrazone groups is 1. The van der Waals surface area contributed by atoms with Crippen LogP contribution in [0.4, 0.5) is 0 Å². The summed E-state index contributed by atoms with van der Waals surface area (Å²) in [6, 6.07) is 17.2. The van der Waals surface area contributed by atoms with Crippen molar-refractivity contribution in [2.45, 2.75) is 6.92 Å². The lowest BCUT2D eigenvalue weighted by molar-refractivity contribution is 0.556. The number of likely N-dealkylation sites (N-methyl/N-ethyl adjacent to an activating group) is 1. The van der Waals surface area contributed by atoms with Crippen LogP contribution in [0.2, 0.25) is 0 Å². The predicted octanol–water partition coefficient (Wildman–Crippen LogP) is 4.18. The van der Waals surface area contributed by atoms with Crippen molar-refractivity contribution in [2.24, 2.45) is 5.10 Å². The Kier molecular flexibility index (Phi) is 4.32. The van der Waals surface area contributed by atoms with Crippen LogP contribution in [0.15, 0.2) is 70.3 Å². The fourth-order valence-corrected chi connectivity index (χ4v) is 2.87. The Labute approximate surface area is 146 Å². The SMILES string of the molecule is Cc1cccc(C(=N)/C(Cl)=C2\C(=N)N(C)N=C2c2ccccc2)c1. The van der Waals surface area contributed by atoms with E-state index in [0.717, 1.165) is 16.7 Å². The van der Waals surface area contributed by atoms with Crippen LogP contribution in [-0.2, 0) is 0 Å². The third-order valence-electron chi connectivity index (χ3n) is 3.84. The molecule has 0 saturated carbocycles. The summed E-state index contributed by atoms with van der Waals surface area (Å²) in [6.45, 7) is 1.97. The molecule has 24 heavy (non-hydrogen) atoms. The first-order chi connectivity index (χ1) is 11.5. The minimum absolute atomic E-state index is 0.191. The first kappa shape index (κ1) is 16.1. The van der Waals surface area contributed by atoms with Gasteiger partial charge in [0.1, 0.15) is 5.71 Å². The van der Waals surface area contributed by atoms with Crippen LogP contribution in [0.25, 0.3) is 0 Å². The summed E-state index contributed by atoms with van der Waals surface area (Å²) in [5.41, 5.74) is 3.95. The molecule has 0 aliphatic carbocycles. The van der Waals surface area contributed by atoms with Gasteiger partial charge in [-0.1, -0.05) is 65.7 Å². The lowest BCUT2D eigenvalue weighted by Crippen LogP contribution is -2.19. The highest BCUT2D eigenvalue weighted by molar-refractivity contribution is 6.52. The largest absolute Gasteiger partial charge is 0.299 e. The summed E-state index contributed by atoms with van der Waals surface area (Å²) in [6.07, 6.45) is 0. The molecular formula is C19H17ClN4. The second kappa shape index (κ2) is 6.42. The van der Waals surface area contributed by atoms with Crippen LogP contribution in [0.5, 0.6) is 0 Å². The molecule has 0 spiro atoms. The number of halogens is 1. The van der Waals surface area contributed by atoms with Crippen molar-refractivity contribution in [1.82, 2.24) is 5.01 Å². The molecular weight excluding hydrogens is 320 g/mol. The number of hydrogen-bond acceptors (Lipinski definition) is 3. The predicted molar refractivity (Wildman–Crippen MR) is 99.4 cm³/mol. The number of aryl methyl sites for hydroxylation is 1. The molecule has 0 atom stereocenters. The number of rotatable bonds is 3. The monoisotopic (exact) mass is 336 g/mol. The van der Waals surface area contributed by atoms with Crippen molar-refractivity contribution in [3.05, 3.63) is 81.9 Å². The maximum absolute atomic E-state index is 8.45. The van der Waals surface area contributed by atoms with Gasteiger partial charge < -0.3 is 0 Å². The Morgan fingerprint density at radius 1 is 1.08 bits per heavy atom. The fourth-order valence-electron chi connectivity index (χ4n) is 2.58. The summed E-state index contributed by atoms with van der Waals surface area (Å²) >= 11 is 6.54. The van der Waals surface area contributed by atoms with Crippen LogP contribution >= 0.6 is 11.6 Å². The van der Waals surface area contributed by atoms with Crippen LogP contribution in [-0.4, -0.2) is 29.3 Å². The van der Waals surface area contributed by atoms with Crippen LogP contribution in [0.3, 0.4) is 0 Å². The van der Waals surface area contributed by atoms with Crippen molar-refractivity contribution < 1.29 is 0 Å². The van der Waals surface area contributed by atoms with Crippen LogP contribution < -0.4 is 0 Å². The molecule has 5 heteroatoms. The van der Waals surface area contributed by atoms with Gasteiger partial charge in [-0.05, 0) is 13.0 Å². The van der Waals surface area contributed by atoms with Gasteiger partial charge in [0, 0.05) is 18.2 Å². The molecule has 1 heterocycles. The van der Waals surface area contributed by atoms with Crippen molar-refractivity contribution in [1.29, 1.82) is 10.8 Å². The first-order valence-electron chi connectivity index (χ1n) is 7.52. The Hall–Kier alpha value is -2.72. The average molecular weight is 337 g/mol. The summed E-state index contributed by atoms with van der Waals surface area (Å²) in [5, 5.41) is 22.9. The number of nitrogens with zero attached hydrogens (tertiary/aromatic N) is 2. The number of nitrogens with one attached hydrogen (secondary N) is 2. The molecule has 0 aromatic heterocycles. The highest BCUT2D eigenvalue weighted by atomic mass is 35.5. The molecule has 0 amide bonds.